The largest absolute Gasteiger partial charge is 0.494 e. The fourth-order valence-corrected chi connectivity index (χ4v) is 2.45. The van der Waals surface area contributed by atoms with Crippen LogP contribution in [0.2, 0.25) is 0 Å². The molecule has 0 spiro atoms. The Morgan fingerprint density at radius 1 is 1.33 bits per heavy atom. The molecule has 2 rings (SSSR count). The van der Waals surface area contributed by atoms with Crippen molar-refractivity contribution >= 4 is 5.69 Å². The first-order valence-electron chi connectivity index (χ1n) is 6.97. The smallest absolute Gasteiger partial charge is 0.119 e. The highest BCUT2D eigenvalue weighted by Crippen LogP contribution is 2.19. The van der Waals surface area contributed by atoms with Gasteiger partial charge in [0.1, 0.15) is 5.75 Å². The molecule has 1 heterocycles. The fourth-order valence-electron chi connectivity index (χ4n) is 2.45. The Balaban J connectivity index is 1.81. The molecule has 0 amide bonds. The molecule has 0 bridgehead atoms. The molecule has 1 saturated heterocycles. The summed E-state index contributed by atoms with van der Waals surface area (Å²) in [5, 5.41) is 3.54. The van der Waals surface area contributed by atoms with Crippen LogP contribution >= 0.6 is 0 Å². The average Bonchev–Trinajstić information content (AvgIpc) is 2.90. The predicted octanol–water partition coefficient (Wildman–Crippen LogP) is 2.66. The lowest BCUT2D eigenvalue weighted by atomic mass is 10.1. The van der Waals surface area contributed by atoms with Gasteiger partial charge in [0.2, 0.25) is 0 Å². The lowest BCUT2D eigenvalue weighted by Crippen LogP contribution is -2.28. The van der Waals surface area contributed by atoms with Crippen LogP contribution in [0.15, 0.2) is 24.3 Å². The summed E-state index contributed by atoms with van der Waals surface area (Å²) < 4.78 is 5.45. The van der Waals surface area contributed by atoms with Gasteiger partial charge in [-0.2, -0.15) is 0 Å². The lowest BCUT2D eigenvalue weighted by Gasteiger charge is -2.21. The van der Waals surface area contributed by atoms with Crippen molar-refractivity contribution in [3.05, 3.63) is 24.3 Å². The Morgan fingerprint density at radius 3 is 2.72 bits per heavy atom. The standard InChI is InChI=1S/C15H24N2O/c1-3-18-15-8-6-14(7-9-15)17(2)12-10-13-5-4-11-16-13/h6-9,13,16H,3-5,10-12H2,1-2H3. The van der Waals surface area contributed by atoms with Crippen molar-refractivity contribution in [3.8, 4) is 5.75 Å². The summed E-state index contributed by atoms with van der Waals surface area (Å²) in [7, 11) is 2.16. The second kappa shape index (κ2) is 6.64. The molecule has 1 atom stereocenters. The van der Waals surface area contributed by atoms with E-state index < -0.39 is 0 Å². The number of hydrogen-bond donors (Lipinski definition) is 1. The zero-order chi connectivity index (χ0) is 12.8. The second-order valence-electron chi connectivity index (χ2n) is 4.93. The number of benzene rings is 1. The zero-order valence-electron chi connectivity index (χ0n) is 11.5. The fraction of sp³-hybridized carbons (Fsp3) is 0.600. The van der Waals surface area contributed by atoms with E-state index in [9.17, 15) is 0 Å². The van der Waals surface area contributed by atoms with Crippen LogP contribution in [0.4, 0.5) is 5.69 Å². The number of anilines is 1. The van der Waals surface area contributed by atoms with E-state index in [-0.39, 0.29) is 0 Å². The van der Waals surface area contributed by atoms with Gasteiger partial charge in [-0.25, -0.2) is 0 Å². The molecule has 1 unspecified atom stereocenters. The van der Waals surface area contributed by atoms with Gasteiger partial charge in [0.25, 0.3) is 0 Å². The Bertz CT molecular complexity index is 344. The highest BCUT2D eigenvalue weighted by molar-refractivity contribution is 5.48. The maximum Gasteiger partial charge on any atom is 0.119 e. The number of hydrogen-bond acceptors (Lipinski definition) is 3. The highest BCUT2D eigenvalue weighted by Gasteiger charge is 2.14. The Hall–Kier alpha value is -1.22. The van der Waals surface area contributed by atoms with Gasteiger partial charge in [0.05, 0.1) is 6.61 Å². The summed E-state index contributed by atoms with van der Waals surface area (Å²) >= 11 is 0. The molecule has 1 aliphatic heterocycles. The quantitative estimate of drug-likeness (QED) is 0.837. The summed E-state index contributed by atoms with van der Waals surface area (Å²) in [6.07, 6.45) is 3.89. The van der Waals surface area contributed by atoms with E-state index in [0.717, 1.165) is 24.9 Å². The molecule has 1 aromatic carbocycles. The molecule has 100 valence electrons. The predicted molar refractivity (Wildman–Crippen MR) is 76.5 cm³/mol. The van der Waals surface area contributed by atoms with E-state index in [1.54, 1.807) is 0 Å². The van der Waals surface area contributed by atoms with Crippen molar-refractivity contribution in [3.63, 3.8) is 0 Å². The molecule has 0 saturated carbocycles. The Labute approximate surface area is 110 Å². The highest BCUT2D eigenvalue weighted by atomic mass is 16.5. The van der Waals surface area contributed by atoms with Crippen LogP contribution < -0.4 is 15.0 Å². The molecule has 0 aliphatic carbocycles. The van der Waals surface area contributed by atoms with Crippen molar-refractivity contribution < 1.29 is 4.74 Å². The summed E-state index contributed by atoms with van der Waals surface area (Å²) in [6, 6.07) is 9.07. The van der Waals surface area contributed by atoms with E-state index in [1.807, 2.05) is 19.1 Å². The van der Waals surface area contributed by atoms with E-state index in [2.05, 4.69) is 29.4 Å². The molecule has 0 aromatic heterocycles. The van der Waals surface area contributed by atoms with Crippen LogP contribution in [0, 0.1) is 0 Å². The van der Waals surface area contributed by atoms with Gasteiger partial charge >= 0.3 is 0 Å². The minimum atomic E-state index is 0.718. The molecule has 0 radical (unpaired) electrons. The number of nitrogens with one attached hydrogen (secondary N) is 1. The first-order chi connectivity index (χ1) is 8.79. The van der Waals surface area contributed by atoms with Gasteiger partial charge in [-0.1, -0.05) is 0 Å². The third kappa shape index (κ3) is 3.64. The Morgan fingerprint density at radius 2 is 2.11 bits per heavy atom. The van der Waals surface area contributed by atoms with Gasteiger partial charge in [0.15, 0.2) is 0 Å². The third-order valence-corrected chi connectivity index (χ3v) is 3.56. The van der Waals surface area contributed by atoms with Crippen LogP contribution in [-0.4, -0.2) is 32.8 Å². The van der Waals surface area contributed by atoms with Gasteiger partial charge in [-0.3, -0.25) is 0 Å². The van der Waals surface area contributed by atoms with Crippen LogP contribution in [0.25, 0.3) is 0 Å². The van der Waals surface area contributed by atoms with E-state index in [0.29, 0.717) is 0 Å². The molecule has 3 heteroatoms. The molecule has 1 fully saturated rings. The molecule has 18 heavy (non-hydrogen) atoms. The van der Waals surface area contributed by atoms with Crippen molar-refractivity contribution in [2.75, 3.05) is 31.6 Å². The van der Waals surface area contributed by atoms with E-state index >= 15 is 0 Å². The van der Waals surface area contributed by atoms with Crippen molar-refractivity contribution in [2.45, 2.75) is 32.2 Å². The molecule has 1 N–H and O–H groups in total. The maximum atomic E-state index is 5.45. The Kier molecular flexibility index (Phi) is 4.88. The monoisotopic (exact) mass is 248 g/mol. The topological polar surface area (TPSA) is 24.5 Å². The zero-order valence-corrected chi connectivity index (χ0v) is 11.5. The summed E-state index contributed by atoms with van der Waals surface area (Å²) in [6.45, 7) is 5.03. The molecule has 1 aliphatic rings. The summed E-state index contributed by atoms with van der Waals surface area (Å²) in [5.74, 6) is 0.951. The van der Waals surface area contributed by atoms with Gasteiger partial charge in [-0.05, 0) is 57.0 Å². The molecule has 1 aromatic rings. The first kappa shape index (κ1) is 13.2. The van der Waals surface area contributed by atoms with Crippen molar-refractivity contribution in [1.29, 1.82) is 0 Å². The molecular formula is C15H24N2O. The number of ether oxygens (including phenoxy) is 1. The minimum Gasteiger partial charge on any atom is -0.494 e. The van der Waals surface area contributed by atoms with Gasteiger partial charge in [0, 0.05) is 25.3 Å². The first-order valence-corrected chi connectivity index (χ1v) is 6.97. The second-order valence-corrected chi connectivity index (χ2v) is 4.93. The minimum absolute atomic E-state index is 0.718. The summed E-state index contributed by atoms with van der Waals surface area (Å²) in [5.41, 5.74) is 1.26. The summed E-state index contributed by atoms with van der Waals surface area (Å²) in [4.78, 5) is 2.32. The SMILES string of the molecule is CCOc1ccc(N(C)CCC2CCCN2)cc1. The van der Waals surface area contributed by atoms with Gasteiger partial charge < -0.3 is 15.0 Å². The molecular weight excluding hydrogens is 224 g/mol. The van der Waals surface area contributed by atoms with Crippen LogP contribution in [-0.2, 0) is 0 Å². The lowest BCUT2D eigenvalue weighted by molar-refractivity contribution is 0.340. The van der Waals surface area contributed by atoms with Crippen LogP contribution in [0.3, 0.4) is 0 Å². The van der Waals surface area contributed by atoms with Crippen molar-refractivity contribution in [2.24, 2.45) is 0 Å². The third-order valence-electron chi connectivity index (χ3n) is 3.56. The van der Waals surface area contributed by atoms with Crippen LogP contribution in [0.1, 0.15) is 26.2 Å². The van der Waals surface area contributed by atoms with E-state index in [1.165, 1.54) is 31.5 Å². The number of nitrogens with zero attached hydrogens (tertiary/aromatic N) is 1. The van der Waals surface area contributed by atoms with E-state index in [4.69, 9.17) is 4.74 Å². The number of rotatable bonds is 6. The average molecular weight is 248 g/mol. The normalized spacial score (nSPS) is 18.9. The van der Waals surface area contributed by atoms with Crippen molar-refractivity contribution in [1.82, 2.24) is 5.32 Å². The van der Waals surface area contributed by atoms with Gasteiger partial charge in [-0.15, -0.1) is 0 Å². The van der Waals surface area contributed by atoms with Crippen LogP contribution in [0.5, 0.6) is 5.75 Å². The maximum absolute atomic E-state index is 5.45. The molecule has 3 nitrogen and oxygen atoms in total.